The highest BCUT2D eigenvalue weighted by Crippen LogP contribution is 2.30. The van der Waals surface area contributed by atoms with Gasteiger partial charge in [0.1, 0.15) is 64.7 Å². The quantitative estimate of drug-likeness (QED) is 0.00925. The first kappa shape index (κ1) is 131. The Kier molecular flexibility index (Phi) is 87.0. The molecule has 0 saturated heterocycles. The third kappa shape index (κ3) is 95.6. The number of amides is 5. The van der Waals surface area contributed by atoms with Crippen LogP contribution in [0.25, 0.3) is 20.9 Å². The van der Waals surface area contributed by atoms with Gasteiger partial charge in [-0.1, -0.05) is 10.2 Å². The molecule has 0 saturated carbocycles. The van der Waals surface area contributed by atoms with Crippen molar-refractivity contribution in [3.63, 3.8) is 0 Å². The number of rotatable bonds is 95. The van der Waals surface area contributed by atoms with Crippen molar-refractivity contribution in [2.45, 2.75) is 244 Å². The van der Waals surface area contributed by atoms with E-state index in [1.54, 1.807) is 62.3 Å². The predicted molar refractivity (Wildman–Crippen MR) is 506 cm³/mol. The van der Waals surface area contributed by atoms with E-state index < -0.39 is 58.3 Å². The van der Waals surface area contributed by atoms with Gasteiger partial charge in [-0.2, -0.15) is 0 Å². The summed E-state index contributed by atoms with van der Waals surface area (Å²) in [5.41, 5.74) is 28.9. The molecule has 0 unspecified atom stereocenters. The van der Waals surface area contributed by atoms with Crippen LogP contribution < -0.4 is 43.8 Å². The molecule has 0 aromatic carbocycles. The number of nitrogens with two attached hydrogens (primary N) is 3. The van der Waals surface area contributed by atoms with Crippen molar-refractivity contribution in [1.82, 2.24) is 26.6 Å². The standard InChI is InChI=1S/C53H97N7O19.C38H73N7O13/c1-50(2,3)77-46(64)55-22-29-71-36-33-68-26-10-13-43(61)16-19-53(59-49(67)76-42-41-75-40-39-74-32-25-58-60-54,20-17-44(62)14-11-27-69-34-37-72-30-23-56-47(65)78-51(4,5)6)21-18-45(63)15-12-28-70-35-38-73-31-24-57-48(66)79-52(7,8)9;39-13-20-53-27-24-50-17-1-4-34(46)7-10-38(11-8-35(47)5-2-18-51-25-28-54-21-14-40,12-9-36(48)6-3-19-52-26-29-55-22-15-41)44-37(49)58-33-32-57-31-30-56-23-16-43-45-42/h10-42H2,1-9H3,(H,55,64)(H,56,65)(H,57,66)(H,59,67);1-33,39-41H2,(H,44,49). The Balaban J connectivity index is 0. The van der Waals surface area contributed by atoms with Crippen LogP contribution >= 0.6 is 0 Å². The number of carbonyl (C=O) groups excluding carboxylic acids is 11. The molecule has 0 aliphatic rings. The summed E-state index contributed by atoms with van der Waals surface area (Å²) in [7, 11) is 0. The number of azide groups is 2. The second-order valence-electron chi connectivity index (χ2n) is 34.3. The summed E-state index contributed by atoms with van der Waals surface area (Å²) in [5, 5.41) is 20.5. The van der Waals surface area contributed by atoms with Crippen molar-refractivity contribution < 1.29 is 152 Å². The molecule has 0 bridgehead atoms. The molecule has 0 atom stereocenters. The molecule has 137 heavy (non-hydrogen) atoms. The van der Waals surface area contributed by atoms with Crippen LogP contribution in [0.4, 0.5) is 24.0 Å². The maximum atomic E-state index is 13.5. The van der Waals surface area contributed by atoms with Gasteiger partial charge < -0.3 is 143 Å². The zero-order chi connectivity index (χ0) is 102. The van der Waals surface area contributed by atoms with Crippen molar-refractivity contribution in [3.8, 4) is 0 Å². The number of alkyl carbamates (subject to hydrolysis) is 5. The predicted octanol–water partition coefficient (Wildman–Crippen LogP) is 9.02. The minimum Gasteiger partial charge on any atom is -0.447 e. The van der Waals surface area contributed by atoms with E-state index in [9.17, 15) is 52.7 Å². The van der Waals surface area contributed by atoms with E-state index in [0.717, 1.165) is 0 Å². The number of Topliss-reactive ketones (excluding diaryl/α,β-unsaturated/α-hetero) is 6. The van der Waals surface area contributed by atoms with E-state index >= 15 is 0 Å². The van der Waals surface area contributed by atoms with Crippen LogP contribution in [0.1, 0.15) is 216 Å². The number of carbonyl (C=O) groups is 11. The number of ketones is 6. The van der Waals surface area contributed by atoms with Crippen molar-refractivity contribution in [3.05, 3.63) is 20.9 Å². The summed E-state index contributed by atoms with van der Waals surface area (Å²) in [6, 6.07) is 0. The van der Waals surface area contributed by atoms with Gasteiger partial charge in [0.25, 0.3) is 0 Å². The van der Waals surface area contributed by atoms with Crippen LogP contribution in [-0.2, 0) is 128 Å². The van der Waals surface area contributed by atoms with E-state index in [1.165, 1.54) is 0 Å². The minimum atomic E-state index is -1.18. The lowest BCUT2D eigenvalue weighted by atomic mass is 9.81. The van der Waals surface area contributed by atoms with Gasteiger partial charge in [-0.15, -0.1) is 0 Å². The average molecular weight is 1970 g/mol. The number of nitrogens with zero attached hydrogens (tertiary/aromatic N) is 6. The molecule has 0 aromatic heterocycles. The zero-order valence-corrected chi connectivity index (χ0v) is 83.6. The van der Waals surface area contributed by atoms with E-state index in [0.29, 0.717) is 157 Å². The highest BCUT2D eigenvalue weighted by molar-refractivity contribution is 5.82. The fourth-order valence-corrected chi connectivity index (χ4v) is 12.0. The highest BCUT2D eigenvalue weighted by atomic mass is 16.6. The zero-order valence-electron chi connectivity index (χ0n) is 83.6. The third-order valence-electron chi connectivity index (χ3n) is 18.7. The minimum absolute atomic E-state index is 0.0320. The highest BCUT2D eigenvalue weighted by Gasteiger charge is 2.36. The first-order valence-electron chi connectivity index (χ1n) is 48.0. The molecule has 46 nitrogen and oxygen atoms in total. The molecule has 5 amide bonds. The van der Waals surface area contributed by atoms with Gasteiger partial charge in [-0.05, 0) is 150 Å². The van der Waals surface area contributed by atoms with Crippen molar-refractivity contribution in [2.75, 3.05) is 277 Å². The second-order valence-corrected chi connectivity index (χ2v) is 34.3. The largest absolute Gasteiger partial charge is 0.447 e. The fraction of sp³-hybridized carbons (Fsp3) is 0.879. The van der Waals surface area contributed by atoms with Gasteiger partial charge in [0.05, 0.1) is 172 Å². The lowest BCUT2D eigenvalue weighted by Gasteiger charge is -2.34. The third-order valence-corrected chi connectivity index (χ3v) is 18.7. The molecule has 0 aliphatic heterocycles. The van der Waals surface area contributed by atoms with Gasteiger partial charge in [-0.3, -0.25) is 28.8 Å². The molecule has 0 fully saturated rings. The Hall–Kier alpha value is -7.77. The van der Waals surface area contributed by atoms with Crippen LogP contribution in [0.5, 0.6) is 0 Å². The molecule has 0 radical (unpaired) electrons. The van der Waals surface area contributed by atoms with Gasteiger partial charge >= 0.3 is 30.5 Å². The molecule has 0 rings (SSSR count). The fourth-order valence-electron chi connectivity index (χ4n) is 12.0. The molecular weight excluding hydrogens is 1800 g/mol. The first-order valence-corrected chi connectivity index (χ1v) is 48.0. The van der Waals surface area contributed by atoms with E-state index in [-0.39, 0.29) is 309 Å². The van der Waals surface area contributed by atoms with Crippen molar-refractivity contribution in [2.24, 2.45) is 27.4 Å². The van der Waals surface area contributed by atoms with Crippen LogP contribution in [0.3, 0.4) is 0 Å². The van der Waals surface area contributed by atoms with Gasteiger partial charge in [0.15, 0.2) is 0 Å². The summed E-state index contributed by atoms with van der Waals surface area (Å²) in [5.74, 6) is -0.385. The first-order chi connectivity index (χ1) is 65.8. The molecule has 0 aliphatic carbocycles. The molecule has 46 heteroatoms. The van der Waals surface area contributed by atoms with Crippen LogP contribution in [-0.4, -0.2) is 370 Å². The van der Waals surface area contributed by atoms with Crippen molar-refractivity contribution >= 4 is 65.2 Å². The normalized spacial score (nSPS) is 11.6. The summed E-state index contributed by atoms with van der Waals surface area (Å²) in [4.78, 5) is 147. The maximum Gasteiger partial charge on any atom is 0.407 e. The SMILES string of the molecule is CC(C)(C)OC(=O)NCCOCCOCCCC(=O)CCC(CCC(=O)CCCOCCOCCNC(=O)OC(C)(C)C)(CCC(=O)CCCOCCOCCNC(=O)OC(C)(C)C)NC(=O)OCCOCCOCCN=[N+]=[N-].[N-]=[N+]=NCCOCCOCCOC(=O)NC(CCC(=O)CCCOCCOCCN)(CCC(=O)CCCOCCOCCN)CCC(=O)CCCOCCOCCN. The molecule has 796 valence electrons. The van der Waals surface area contributed by atoms with Crippen LogP contribution in [0, 0.1) is 0 Å². The van der Waals surface area contributed by atoms with E-state index in [2.05, 4.69) is 46.6 Å². The monoisotopic (exact) mass is 1970 g/mol. The Labute approximate surface area is 810 Å². The van der Waals surface area contributed by atoms with Crippen LogP contribution in [0.15, 0.2) is 10.2 Å². The van der Waals surface area contributed by atoms with E-state index in [4.69, 9.17) is 128 Å². The molecular formula is C91H170N14O32. The summed E-state index contributed by atoms with van der Waals surface area (Å²) < 4.78 is 114. The molecule has 0 heterocycles. The Morgan fingerprint density at radius 2 is 0.423 bits per heavy atom. The average Bonchev–Trinajstić information content (AvgIpc) is 0.847. The van der Waals surface area contributed by atoms with Gasteiger partial charge in [0, 0.05) is 190 Å². The summed E-state index contributed by atoms with van der Waals surface area (Å²) in [6.45, 7) is 28.2. The summed E-state index contributed by atoms with van der Waals surface area (Å²) in [6.07, 6.45) is 2.51. The summed E-state index contributed by atoms with van der Waals surface area (Å²) >= 11 is 0. The lowest BCUT2D eigenvalue weighted by molar-refractivity contribution is -0.122. The lowest BCUT2D eigenvalue weighted by Crippen LogP contribution is -2.50. The van der Waals surface area contributed by atoms with Gasteiger partial charge in [-0.25, -0.2) is 24.0 Å². The van der Waals surface area contributed by atoms with Crippen molar-refractivity contribution in [1.29, 1.82) is 0 Å². The maximum absolute atomic E-state index is 13.5. The molecule has 0 aromatic rings. The smallest absolute Gasteiger partial charge is 0.407 e. The second kappa shape index (κ2) is 90.8. The van der Waals surface area contributed by atoms with Crippen LogP contribution in [0.2, 0.25) is 0 Å². The molecule has 11 N–H and O–H groups in total. The Bertz CT molecular complexity index is 2960. The number of hydrogen-bond donors (Lipinski definition) is 8. The Morgan fingerprint density at radius 1 is 0.241 bits per heavy atom. The number of hydrogen-bond acceptors (Lipinski definition) is 37. The molecule has 0 spiro atoms. The van der Waals surface area contributed by atoms with E-state index in [1.807, 2.05) is 0 Å². The van der Waals surface area contributed by atoms with Gasteiger partial charge in [0.2, 0.25) is 0 Å². The Morgan fingerprint density at radius 3 is 0.620 bits per heavy atom. The topological polar surface area (TPSA) is 617 Å². The number of nitrogens with one attached hydrogen (secondary N) is 5. The number of ether oxygens (including phenoxy) is 21.